The van der Waals surface area contributed by atoms with Crippen molar-refractivity contribution in [3.8, 4) is 0 Å². The van der Waals surface area contributed by atoms with Gasteiger partial charge in [-0.3, -0.25) is 0 Å². The van der Waals surface area contributed by atoms with Gasteiger partial charge in [0.15, 0.2) is 0 Å². The molecule has 0 fully saturated rings. The van der Waals surface area contributed by atoms with Gasteiger partial charge < -0.3 is 19.6 Å². The van der Waals surface area contributed by atoms with Gasteiger partial charge in [-0.25, -0.2) is 0 Å². The van der Waals surface area contributed by atoms with Crippen LogP contribution in [-0.2, 0) is 26.2 Å². The predicted molar refractivity (Wildman–Crippen MR) is 130 cm³/mol. The Bertz CT molecular complexity index is 662. The third-order valence-electron chi connectivity index (χ3n) is 5.04. The smallest absolute Gasteiger partial charge is 0.0892 e. The molecule has 29 heavy (non-hydrogen) atoms. The zero-order valence-corrected chi connectivity index (χ0v) is 21.2. The quantitative estimate of drug-likeness (QED) is 0.541. The van der Waals surface area contributed by atoms with Crippen LogP contribution in [0.1, 0.15) is 22.3 Å². The number of rotatable bonds is 10. The fraction of sp³-hybridized carbons (Fsp3) is 0.500. The van der Waals surface area contributed by atoms with Crippen LogP contribution >= 0.6 is 0 Å². The van der Waals surface area contributed by atoms with Crippen molar-refractivity contribution in [2.45, 2.75) is 26.2 Å². The van der Waals surface area contributed by atoms with Crippen molar-refractivity contribution >= 4 is 19.9 Å². The normalized spacial score (nSPS) is 12.0. The number of hydrogen-bond donors (Lipinski definition) is 0. The molecule has 2 aromatic carbocycles. The first-order valence-electron chi connectivity index (χ1n) is 10.5. The second-order valence-electron chi connectivity index (χ2n) is 9.24. The fourth-order valence-electron chi connectivity index (χ4n) is 3.96. The van der Waals surface area contributed by atoms with Gasteiger partial charge >= 0.3 is 0 Å². The summed E-state index contributed by atoms with van der Waals surface area (Å²) in [6.07, 6.45) is 0. The minimum Gasteiger partial charge on any atom is -0.305 e. The van der Waals surface area contributed by atoms with E-state index in [1.165, 1.54) is 22.3 Å². The molecule has 0 aliphatic carbocycles. The van der Waals surface area contributed by atoms with Crippen LogP contribution in [0, 0.1) is 0 Å². The van der Waals surface area contributed by atoms with E-state index in [0.717, 1.165) is 26.2 Å². The summed E-state index contributed by atoms with van der Waals surface area (Å²) >= 11 is 0. The Morgan fingerprint density at radius 3 is 0.931 bits per heavy atom. The molecule has 0 atom stereocenters. The monoisotopic (exact) mass is 412 g/mol. The largest absolute Gasteiger partial charge is 0.305 e. The molecule has 2 rings (SSSR count). The van der Waals surface area contributed by atoms with E-state index in [1.54, 1.807) is 10.4 Å². The number of nitrogens with zero attached hydrogens (tertiary/aromatic N) is 4. The van der Waals surface area contributed by atoms with Crippen LogP contribution in [0.5, 0.6) is 0 Å². The first-order valence-corrected chi connectivity index (χ1v) is 11.9. The summed E-state index contributed by atoms with van der Waals surface area (Å²) in [6, 6.07) is 13.8. The maximum atomic E-state index is 2.33. The average molecular weight is 413 g/mol. The van der Waals surface area contributed by atoms with Crippen LogP contribution in [0.25, 0.3) is 0 Å². The maximum Gasteiger partial charge on any atom is 0.0892 e. The molecular weight excluding hydrogens is 372 g/mol. The molecule has 4 nitrogen and oxygen atoms in total. The van der Waals surface area contributed by atoms with Crippen molar-refractivity contribution in [3.05, 3.63) is 58.7 Å². The molecule has 0 amide bonds. The zero-order valence-electron chi connectivity index (χ0n) is 19.8. The van der Waals surface area contributed by atoms with Crippen LogP contribution < -0.4 is 10.4 Å². The molecule has 2 aromatic rings. The van der Waals surface area contributed by atoms with Gasteiger partial charge in [-0.15, -0.1) is 0 Å². The van der Waals surface area contributed by atoms with Crippen LogP contribution in [0.3, 0.4) is 0 Å². The summed E-state index contributed by atoms with van der Waals surface area (Å²) in [5, 5.41) is 3.25. The van der Waals surface area contributed by atoms with E-state index in [-0.39, 0.29) is 0 Å². The molecule has 0 heterocycles. The lowest BCUT2D eigenvalue weighted by atomic mass is 10.1. The molecule has 0 aliphatic rings. The second-order valence-corrected chi connectivity index (χ2v) is 11.0. The molecule has 0 saturated heterocycles. The molecule has 0 unspecified atom stereocenters. The third kappa shape index (κ3) is 7.35. The Hall–Kier alpha value is -1.50. The Balaban J connectivity index is 2.58. The second kappa shape index (κ2) is 11.0. The summed E-state index contributed by atoms with van der Waals surface area (Å²) in [5.74, 6) is 0. The van der Waals surface area contributed by atoms with E-state index < -0.39 is 9.52 Å². The summed E-state index contributed by atoms with van der Waals surface area (Å²) in [5.41, 5.74) is 5.99. The average Bonchev–Trinajstić information content (AvgIpc) is 2.58. The lowest BCUT2D eigenvalue weighted by Gasteiger charge is -2.24. The standard InChI is InChI=1S/C24H40N4Si/c1-25(2)15-19-11-9-12-20(16-26(3)4)23(19)29-24-21(17-27(5)6)13-10-14-22(24)18-28(7)8/h9-14H,15-18,29H2,1-8H3. The van der Waals surface area contributed by atoms with E-state index in [4.69, 9.17) is 0 Å². The summed E-state index contributed by atoms with van der Waals surface area (Å²) < 4.78 is 0. The fourth-order valence-corrected chi connectivity index (χ4v) is 6.14. The van der Waals surface area contributed by atoms with Crippen molar-refractivity contribution < 1.29 is 0 Å². The Morgan fingerprint density at radius 2 is 0.724 bits per heavy atom. The highest BCUT2D eigenvalue weighted by molar-refractivity contribution is 6.69. The highest BCUT2D eigenvalue weighted by atomic mass is 28.2. The minimum absolute atomic E-state index is 0.628. The third-order valence-corrected chi connectivity index (χ3v) is 7.56. The van der Waals surface area contributed by atoms with E-state index in [9.17, 15) is 0 Å². The van der Waals surface area contributed by atoms with Crippen molar-refractivity contribution in [2.24, 2.45) is 0 Å². The zero-order chi connectivity index (χ0) is 21.6. The van der Waals surface area contributed by atoms with E-state index in [2.05, 4.69) is 112 Å². The van der Waals surface area contributed by atoms with Gasteiger partial charge in [0.05, 0.1) is 9.52 Å². The van der Waals surface area contributed by atoms with Crippen molar-refractivity contribution in [3.63, 3.8) is 0 Å². The molecule has 0 saturated carbocycles. The van der Waals surface area contributed by atoms with Gasteiger partial charge in [0.2, 0.25) is 0 Å². The minimum atomic E-state index is -0.628. The van der Waals surface area contributed by atoms with Gasteiger partial charge in [-0.05, 0) is 78.6 Å². The number of benzene rings is 2. The van der Waals surface area contributed by atoms with Crippen LogP contribution in [0.15, 0.2) is 36.4 Å². The van der Waals surface area contributed by atoms with Gasteiger partial charge in [0.25, 0.3) is 0 Å². The Morgan fingerprint density at radius 1 is 0.483 bits per heavy atom. The van der Waals surface area contributed by atoms with Gasteiger partial charge in [-0.1, -0.05) is 46.8 Å². The number of hydrogen-bond acceptors (Lipinski definition) is 4. The van der Waals surface area contributed by atoms with Crippen LogP contribution in [-0.4, -0.2) is 85.5 Å². The van der Waals surface area contributed by atoms with E-state index in [1.807, 2.05) is 0 Å². The lowest BCUT2D eigenvalue weighted by molar-refractivity contribution is 0.397. The molecule has 160 valence electrons. The van der Waals surface area contributed by atoms with Gasteiger partial charge in [0, 0.05) is 26.2 Å². The molecule has 5 heteroatoms. The molecule has 0 aromatic heterocycles. The first kappa shape index (κ1) is 23.8. The highest BCUT2D eigenvalue weighted by Gasteiger charge is 2.17. The van der Waals surface area contributed by atoms with Crippen molar-refractivity contribution in [1.82, 2.24) is 19.6 Å². The van der Waals surface area contributed by atoms with Gasteiger partial charge in [0.1, 0.15) is 0 Å². The summed E-state index contributed by atoms with van der Waals surface area (Å²) in [7, 11) is 16.7. The molecule has 0 radical (unpaired) electrons. The molecule has 0 N–H and O–H groups in total. The topological polar surface area (TPSA) is 13.0 Å². The molecular formula is C24H40N4Si. The summed E-state index contributed by atoms with van der Waals surface area (Å²) in [4.78, 5) is 9.16. The Kier molecular flexibility index (Phi) is 9.05. The highest BCUT2D eigenvalue weighted by Crippen LogP contribution is 2.10. The van der Waals surface area contributed by atoms with E-state index in [0.29, 0.717) is 0 Å². The predicted octanol–water partition coefficient (Wildman–Crippen LogP) is 1.05. The molecule has 0 bridgehead atoms. The summed E-state index contributed by atoms with van der Waals surface area (Å²) in [6.45, 7) is 4.01. The first-order chi connectivity index (χ1) is 13.7. The maximum absolute atomic E-state index is 2.33. The van der Waals surface area contributed by atoms with Gasteiger partial charge in [-0.2, -0.15) is 0 Å². The van der Waals surface area contributed by atoms with Crippen LogP contribution in [0.4, 0.5) is 0 Å². The Labute approximate surface area is 180 Å². The molecule has 0 aliphatic heterocycles. The lowest BCUT2D eigenvalue weighted by Crippen LogP contribution is -2.40. The van der Waals surface area contributed by atoms with Crippen LogP contribution in [0.2, 0.25) is 0 Å². The van der Waals surface area contributed by atoms with E-state index >= 15 is 0 Å². The SMILES string of the molecule is CN(C)Cc1cccc(CN(C)C)c1[SiH2]c1c(CN(C)C)cccc1CN(C)C. The molecule has 0 spiro atoms. The van der Waals surface area contributed by atoms with Crippen molar-refractivity contribution in [1.29, 1.82) is 0 Å². The van der Waals surface area contributed by atoms with Crippen molar-refractivity contribution in [2.75, 3.05) is 56.4 Å².